The lowest BCUT2D eigenvalue weighted by Gasteiger charge is -2.12. The molecule has 86 valence electrons. The molecule has 0 aromatic heterocycles. The number of hydrogen-bond acceptors (Lipinski definition) is 1. The summed E-state index contributed by atoms with van der Waals surface area (Å²) in [4.78, 5) is 0. The lowest BCUT2D eigenvalue weighted by atomic mass is 9.94. The Morgan fingerprint density at radius 1 is 0.778 bits per heavy atom. The van der Waals surface area contributed by atoms with Crippen LogP contribution in [0.15, 0.2) is 48.5 Å². The third-order valence-corrected chi connectivity index (χ3v) is 3.96. The first-order valence-electron chi connectivity index (χ1n) is 5.81. The van der Waals surface area contributed by atoms with E-state index in [0.717, 1.165) is 16.2 Å². The van der Waals surface area contributed by atoms with Crippen LogP contribution >= 0.6 is 11.6 Å². The second-order valence-electron chi connectivity index (χ2n) is 4.57. The molecule has 0 saturated heterocycles. The molecule has 0 amide bonds. The highest BCUT2D eigenvalue weighted by Gasteiger charge is 2.12. The highest BCUT2D eigenvalue weighted by atomic mass is 35.5. The maximum absolute atomic E-state index is 9.86. The van der Waals surface area contributed by atoms with Crippen molar-refractivity contribution in [2.45, 2.75) is 0 Å². The van der Waals surface area contributed by atoms with Crippen molar-refractivity contribution in [2.24, 2.45) is 0 Å². The van der Waals surface area contributed by atoms with E-state index < -0.39 is 0 Å². The van der Waals surface area contributed by atoms with Gasteiger partial charge in [0.15, 0.2) is 0 Å². The Balaban J connectivity index is 2.46. The zero-order valence-corrected chi connectivity index (χ0v) is 10.2. The minimum Gasteiger partial charge on any atom is -0.506 e. The summed E-state index contributed by atoms with van der Waals surface area (Å²) >= 11 is 6.20. The van der Waals surface area contributed by atoms with Crippen molar-refractivity contribution in [3.63, 3.8) is 0 Å². The van der Waals surface area contributed by atoms with E-state index in [-0.39, 0.29) is 5.75 Å². The fraction of sp³-hybridized carbons (Fsp3) is 0. The Hall–Kier alpha value is -1.99. The van der Waals surface area contributed by atoms with Gasteiger partial charge in [0.2, 0.25) is 0 Å². The normalized spacial score (nSPS) is 11.8. The summed E-state index contributed by atoms with van der Waals surface area (Å²) in [7, 11) is 0. The smallest absolute Gasteiger partial charge is 0.135 e. The molecule has 0 bridgehead atoms. The number of hydrogen-bond donors (Lipinski definition) is 1. The zero-order valence-electron chi connectivity index (χ0n) is 9.44. The minimum absolute atomic E-state index is 0.141. The highest BCUT2D eigenvalue weighted by molar-refractivity contribution is 6.40. The first-order chi connectivity index (χ1) is 8.75. The van der Waals surface area contributed by atoms with E-state index in [9.17, 15) is 5.11 Å². The molecule has 0 aliphatic carbocycles. The average Bonchev–Trinajstić information content (AvgIpc) is 2.40. The maximum Gasteiger partial charge on any atom is 0.135 e. The third-order valence-electron chi connectivity index (χ3n) is 3.56. The molecule has 18 heavy (non-hydrogen) atoms. The topological polar surface area (TPSA) is 20.2 Å². The summed E-state index contributed by atoms with van der Waals surface area (Å²) in [6.45, 7) is 0. The lowest BCUT2D eigenvalue weighted by molar-refractivity contribution is 0.477. The Morgan fingerprint density at radius 3 is 2.22 bits per heavy atom. The van der Waals surface area contributed by atoms with Crippen molar-refractivity contribution in [1.29, 1.82) is 0 Å². The number of benzene rings is 4. The van der Waals surface area contributed by atoms with Crippen LogP contribution < -0.4 is 0 Å². The quantitative estimate of drug-likeness (QED) is 0.439. The predicted molar refractivity (Wildman–Crippen MR) is 76.8 cm³/mol. The average molecular weight is 253 g/mol. The molecule has 1 nitrogen and oxygen atoms in total. The Labute approximate surface area is 109 Å². The fourth-order valence-corrected chi connectivity index (χ4v) is 2.97. The first kappa shape index (κ1) is 9.98. The molecule has 0 fully saturated rings. The molecular formula is C16H9ClO. The molecule has 4 aromatic carbocycles. The van der Waals surface area contributed by atoms with Crippen molar-refractivity contribution in [2.75, 3.05) is 0 Å². The van der Waals surface area contributed by atoms with Gasteiger partial charge in [0, 0.05) is 5.39 Å². The van der Waals surface area contributed by atoms with E-state index in [4.69, 9.17) is 11.6 Å². The molecule has 0 heterocycles. The number of aromatic hydroxyl groups is 1. The highest BCUT2D eigenvalue weighted by Crippen LogP contribution is 2.41. The van der Waals surface area contributed by atoms with Crippen LogP contribution in [0.25, 0.3) is 32.3 Å². The summed E-state index contributed by atoms with van der Waals surface area (Å²) < 4.78 is 0. The number of rotatable bonds is 0. The van der Waals surface area contributed by atoms with Crippen LogP contribution in [0.5, 0.6) is 5.75 Å². The molecule has 0 saturated carbocycles. The molecule has 0 radical (unpaired) electrons. The molecule has 2 heteroatoms. The monoisotopic (exact) mass is 252 g/mol. The van der Waals surface area contributed by atoms with Crippen molar-refractivity contribution in [1.82, 2.24) is 0 Å². The third kappa shape index (κ3) is 1.12. The second kappa shape index (κ2) is 3.27. The van der Waals surface area contributed by atoms with Gasteiger partial charge in [-0.15, -0.1) is 0 Å². The van der Waals surface area contributed by atoms with E-state index in [0.29, 0.717) is 5.02 Å². The summed E-state index contributed by atoms with van der Waals surface area (Å²) in [5, 5.41) is 17.0. The van der Waals surface area contributed by atoms with E-state index in [1.165, 1.54) is 16.2 Å². The summed E-state index contributed by atoms with van der Waals surface area (Å²) in [6.07, 6.45) is 0. The van der Waals surface area contributed by atoms with Crippen LogP contribution in [0.2, 0.25) is 5.02 Å². The molecule has 0 aliphatic rings. The van der Waals surface area contributed by atoms with Crippen LogP contribution in [-0.4, -0.2) is 5.11 Å². The molecule has 0 unspecified atom stereocenters. The van der Waals surface area contributed by atoms with Gasteiger partial charge in [-0.1, -0.05) is 54.1 Å². The molecule has 4 aromatic rings. The zero-order chi connectivity index (χ0) is 12.3. The van der Waals surface area contributed by atoms with Crippen LogP contribution in [-0.2, 0) is 0 Å². The Morgan fingerprint density at radius 2 is 1.44 bits per heavy atom. The lowest BCUT2D eigenvalue weighted by Crippen LogP contribution is -1.84. The van der Waals surface area contributed by atoms with Crippen LogP contribution in [0.3, 0.4) is 0 Å². The fourth-order valence-electron chi connectivity index (χ4n) is 2.76. The molecule has 0 spiro atoms. The van der Waals surface area contributed by atoms with Gasteiger partial charge in [-0.05, 0) is 33.0 Å². The van der Waals surface area contributed by atoms with Gasteiger partial charge in [0.1, 0.15) is 5.75 Å². The SMILES string of the molecule is Oc1cc2ccc3cccc4ccc(c1Cl)c2c34. The first-order valence-corrected chi connectivity index (χ1v) is 6.18. The number of phenols is 1. The van der Waals surface area contributed by atoms with Crippen molar-refractivity contribution in [3.8, 4) is 5.75 Å². The second-order valence-corrected chi connectivity index (χ2v) is 4.94. The predicted octanol–water partition coefficient (Wildman–Crippen LogP) is 4.94. The summed E-state index contributed by atoms with van der Waals surface area (Å²) in [5.41, 5.74) is 0. The van der Waals surface area contributed by atoms with E-state index in [2.05, 4.69) is 30.3 Å². The summed E-state index contributed by atoms with van der Waals surface area (Å²) in [6, 6.07) is 16.1. The van der Waals surface area contributed by atoms with Gasteiger partial charge in [0.05, 0.1) is 5.02 Å². The van der Waals surface area contributed by atoms with Gasteiger partial charge in [-0.3, -0.25) is 0 Å². The van der Waals surface area contributed by atoms with Crippen molar-refractivity contribution < 1.29 is 5.11 Å². The molecule has 0 atom stereocenters. The van der Waals surface area contributed by atoms with Gasteiger partial charge >= 0.3 is 0 Å². The Kier molecular flexibility index (Phi) is 1.81. The molecule has 4 rings (SSSR count). The van der Waals surface area contributed by atoms with E-state index >= 15 is 0 Å². The van der Waals surface area contributed by atoms with Gasteiger partial charge in [-0.25, -0.2) is 0 Å². The van der Waals surface area contributed by atoms with Crippen LogP contribution in [0.4, 0.5) is 0 Å². The number of phenolic OH excluding ortho intramolecular Hbond substituents is 1. The van der Waals surface area contributed by atoms with Crippen LogP contribution in [0, 0.1) is 0 Å². The van der Waals surface area contributed by atoms with E-state index in [1.54, 1.807) is 6.07 Å². The van der Waals surface area contributed by atoms with Gasteiger partial charge in [0.25, 0.3) is 0 Å². The summed E-state index contributed by atoms with van der Waals surface area (Å²) in [5.74, 6) is 0.141. The molecule has 1 N–H and O–H groups in total. The van der Waals surface area contributed by atoms with Gasteiger partial charge in [-0.2, -0.15) is 0 Å². The maximum atomic E-state index is 9.86. The van der Waals surface area contributed by atoms with E-state index in [1.807, 2.05) is 12.1 Å². The number of halogens is 1. The Bertz CT molecular complexity index is 880. The largest absolute Gasteiger partial charge is 0.506 e. The van der Waals surface area contributed by atoms with Crippen LogP contribution in [0.1, 0.15) is 0 Å². The minimum atomic E-state index is 0.141. The van der Waals surface area contributed by atoms with Crippen molar-refractivity contribution >= 4 is 43.9 Å². The molecular weight excluding hydrogens is 244 g/mol. The standard InChI is InChI=1S/C16H9ClO/c17-16-12-7-6-10-3-1-2-9-4-5-11(8-13(16)18)15(12)14(9)10/h1-8,18H. The molecule has 0 aliphatic heterocycles. The van der Waals surface area contributed by atoms with Crippen molar-refractivity contribution in [3.05, 3.63) is 53.6 Å². The van der Waals surface area contributed by atoms with Gasteiger partial charge < -0.3 is 5.11 Å².